The summed E-state index contributed by atoms with van der Waals surface area (Å²) in [5.74, 6) is 1.20. The van der Waals surface area contributed by atoms with E-state index in [-0.39, 0.29) is 11.7 Å². The van der Waals surface area contributed by atoms with Gasteiger partial charge in [-0.05, 0) is 60.0 Å². The van der Waals surface area contributed by atoms with Crippen LogP contribution in [0.25, 0.3) is 11.2 Å². The number of imidazole rings is 1. The summed E-state index contributed by atoms with van der Waals surface area (Å²) in [7, 11) is 3.21. The topological polar surface area (TPSA) is 110 Å². The van der Waals surface area contributed by atoms with Gasteiger partial charge < -0.3 is 24.3 Å². The molecule has 248 valence electrons. The zero-order valence-electron chi connectivity index (χ0n) is 27.1. The molecule has 4 aromatic carbocycles. The van der Waals surface area contributed by atoms with Crippen LogP contribution in [0.4, 0.5) is 10.2 Å². The summed E-state index contributed by atoms with van der Waals surface area (Å²) >= 11 is 0. The molecule has 6 aromatic rings. The van der Waals surface area contributed by atoms with Gasteiger partial charge in [-0.15, -0.1) is 0 Å². The van der Waals surface area contributed by atoms with E-state index >= 15 is 4.39 Å². The van der Waals surface area contributed by atoms with Crippen molar-refractivity contribution in [3.63, 3.8) is 0 Å². The van der Waals surface area contributed by atoms with Crippen LogP contribution in [-0.2, 0) is 15.1 Å². The van der Waals surface area contributed by atoms with Crippen LogP contribution < -0.4 is 14.8 Å². The highest BCUT2D eigenvalue weighted by molar-refractivity contribution is 6.06. The molecule has 2 aromatic heterocycles. The monoisotopic (exact) mass is 659 g/mol. The lowest BCUT2D eigenvalue weighted by Crippen LogP contribution is -2.42. The number of hydrogen-bond acceptors (Lipinski definition) is 8. The number of nitrogens with one attached hydrogen (secondary N) is 1. The first-order valence-corrected chi connectivity index (χ1v) is 15.8. The summed E-state index contributed by atoms with van der Waals surface area (Å²) < 4.78 is 42.6. The number of fused-ring (bicyclic) bond motifs is 1. The van der Waals surface area contributed by atoms with Crippen molar-refractivity contribution in [1.82, 2.24) is 19.5 Å². The second kappa shape index (κ2) is 13.5. The van der Waals surface area contributed by atoms with Crippen molar-refractivity contribution in [3.8, 4) is 11.5 Å². The minimum atomic E-state index is -1.54. The van der Waals surface area contributed by atoms with Gasteiger partial charge in [0.2, 0.25) is 0 Å². The lowest BCUT2D eigenvalue weighted by Gasteiger charge is -2.39. The Bertz CT molecular complexity index is 1990. The quantitative estimate of drug-likeness (QED) is 0.161. The standard InChI is InChI=1S/C38H34FN5O5/c1-24-31(39)33(37(48-24)44-23-42-32-34(40-22-41-35(32)44)43-36(45)25-10-6-4-7-11-25)49-38(26-12-8-5-9-13-26,27-14-18-29(46-2)19-15-27)28-16-20-30(47-3)21-17-28/h4-24,31,33,37H,1-3H3,(H,40,41,43,45)/t24-,31-,33-,37-/m1/s1. The van der Waals surface area contributed by atoms with Gasteiger partial charge in [-0.3, -0.25) is 9.36 Å². The van der Waals surface area contributed by atoms with Crippen LogP contribution in [0.15, 0.2) is 122 Å². The van der Waals surface area contributed by atoms with Gasteiger partial charge in [0.15, 0.2) is 29.4 Å². The molecule has 0 aliphatic carbocycles. The van der Waals surface area contributed by atoms with E-state index in [1.807, 2.05) is 84.9 Å². The van der Waals surface area contributed by atoms with E-state index in [9.17, 15) is 4.79 Å². The third-order valence-electron chi connectivity index (χ3n) is 8.78. The van der Waals surface area contributed by atoms with E-state index in [0.717, 1.165) is 16.7 Å². The van der Waals surface area contributed by atoms with E-state index in [2.05, 4.69) is 20.3 Å². The van der Waals surface area contributed by atoms with Gasteiger partial charge in [-0.2, -0.15) is 0 Å². The Labute approximate surface area is 282 Å². The molecule has 49 heavy (non-hydrogen) atoms. The molecule has 1 fully saturated rings. The third kappa shape index (κ3) is 5.87. The largest absolute Gasteiger partial charge is 0.497 e. The maximum atomic E-state index is 16.6. The van der Waals surface area contributed by atoms with Crippen molar-refractivity contribution in [3.05, 3.63) is 144 Å². The van der Waals surface area contributed by atoms with E-state index in [0.29, 0.717) is 28.2 Å². The number of methoxy groups -OCH3 is 2. The minimum Gasteiger partial charge on any atom is -0.497 e. The molecular formula is C38H34FN5O5. The summed E-state index contributed by atoms with van der Waals surface area (Å²) in [5, 5.41) is 2.82. The van der Waals surface area contributed by atoms with Crippen molar-refractivity contribution < 1.29 is 28.1 Å². The van der Waals surface area contributed by atoms with Crippen molar-refractivity contribution in [2.45, 2.75) is 37.1 Å². The Morgan fingerprint density at radius 2 is 1.37 bits per heavy atom. The smallest absolute Gasteiger partial charge is 0.256 e. The number of carbonyl (C=O) groups is 1. The molecule has 1 amide bonds. The molecule has 1 saturated heterocycles. The van der Waals surface area contributed by atoms with E-state index in [1.165, 1.54) is 12.7 Å². The molecule has 1 N–H and O–H groups in total. The number of anilines is 1. The predicted molar refractivity (Wildman–Crippen MR) is 181 cm³/mol. The number of benzene rings is 4. The number of halogens is 1. The number of nitrogens with zero attached hydrogens (tertiary/aromatic N) is 4. The second-order valence-electron chi connectivity index (χ2n) is 11.6. The summed E-state index contributed by atoms with van der Waals surface area (Å²) in [5.41, 5.74) is 2.10. The first kappa shape index (κ1) is 31.9. The van der Waals surface area contributed by atoms with Crippen LogP contribution in [0.3, 0.4) is 0 Å². The van der Waals surface area contributed by atoms with Gasteiger partial charge in [-0.25, -0.2) is 19.3 Å². The molecule has 3 heterocycles. The predicted octanol–water partition coefficient (Wildman–Crippen LogP) is 6.73. The lowest BCUT2D eigenvalue weighted by molar-refractivity contribution is -0.114. The Kier molecular flexibility index (Phi) is 8.77. The highest BCUT2D eigenvalue weighted by Gasteiger charge is 2.51. The van der Waals surface area contributed by atoms with Crippen LogP contribution in [-0.4, -0.2) is 58.0 Å². The molecule has 4 atom stereocenters. The molecule has 0 unspecified atom stereocenters. The minimum absolute atomic E-state index is 0.216. The fourth-order valence-corrected chi connectivity index (χ4v) is 6.28. The molecule has 7 rings (SSSR count). The van der Waals surface area contributed by atoms with Gasteiger partial charge >= 0.3 is 0 Å². The zero-order valence-corrected chi connectivity index (χ0v) is 27.1. The Morgan fingerprint density at radius 3 is 1.96 bits per heavy atom. The van der Waals surface area contributed by atoms with E-state index in [1.54, 1.807) is 50.0 Å². The van der Waals surface area contributed by atoms with Crippen molar-refractivity contribution >= 4 is 22.9 Å². The van der Waals surface area contributed by atoms with Crippen molar-refractivity contribution in [1.29, 1.82) is 0 Å². The number of hydrogen-bond donors (Lipinski definition) is 1. The van der Waals surface area contributed by atoms with Crippen molar-refractivity contribution in [2.24, 2.45) is 0 Å². The highest BCUT2D eigenvalue weighted by Crippen LogP contribution is 2.47. The third-order valence-corrected chi connectivity index (χ3v) is 8.78. The van der Waals surface area contributed by atoms with Crippen LogP contribution in [0.5, 0.6) is 11.5 Å². The Morgan fingerprint density at radius 1 is 0.796 bits per heavy atom. The van der Waals surface area contributed by atoms with Crippen LogP contribution in [0.2, 0.25) is 0 Å². The molecular weight excluding hydrogens is 625 g/mol. The summed E-state index contributed by atoms with van der Waals surface area (Å²) in [4.78, 5) is 26.3. The maximum absolute atomic E-state index is 16.6. The first-order chi connectivity index (χ1) is 23.9. The average Bonchev–Trinajstić information content (AvgIpc) is 3.71. The molecule has 0 bridgehead atoms. The fourth-order valence-electron chi connectivity index (χ4n) is 6.28. The molecule has 11 heteroatoms. The maximum Gasteiger partial charge on any atom is 0.256 e. The van der Waals surface area contributed by atoms with E-state index in [4.69, 9.17) is 18.9 Å². The average molecular weight is 660 g/mol. The number of carbonyl (C=O) groups excluding carboxylic acids is 1. The van der Waals surface area contributed by atoms with Gasteiger partial charge in [-0.1, -0.05) is 72.8 Å². The van der Waals surface area contributed by atoms with Crippen LogP contribution in [0.1, 0.15) is 40.2 Å². The number of rotatable bonds is 10. The SMILES string of the molecule is COc1ccc(C(O[C@@H]2[C@H](F)[C@@H](C)O[C@H]2n2cnc3c(NC(=O)c4ccccc4)ncnc32)(c2ccccc2)c2ccc(OC)cc2)cc1. The summed E-state index contributed by atoms with van der Waals surface area (Å²) in [6.45, 7) is 1.67. The fraction of sp³-hybridized carbons (Fsp3) is 0.211. The van der Waals surface area contributed by atoms with Crippen molar-refractivity contribution in [2.75, 3.05) is 19.5 Å². The van der Waals surface area contributed by atoms with Gasteiger partial charge in [0, 0.05) is 5.56 Å². The molecule has 10 nitrogen and oxygen atoms in total. The highest BCUT2D eigenvalue weighted by atomic mass is 19.1. The van der Waals surface area contributed by atoms with E-state index < -0.39 is 30.2 Å². The summed E-state index contributed by atoms with van der Waals surface area (Å²) in [6, 6.07) is 33.5. The molecule has 0 radical (unpaired) electrons. The van der Waals surface area contributed by atoms with Gasteiger partial charge in [0.1, 0.15) is 29.5 Å². The number of alkyl halides is 1. The van der Waals surface area contributed by atoms with Gasteiger partial charge in [0.05, 0.1) is 26.7 Å². The lowest BCUT2D eigenvalue weighted by atomic mass is 9.79. The normalized spacial score (nSPS) is 19.1. The number of ether oxygens (including phenoxy) is 4. The Hall–Kier alpha value is -5.65. The molecule has 1 aliphatic rings. The van der Waals surface area contributed by atoms with Gasteiger partial charge in [0.25, 0.3) is 5.91 Å². The molecule has 0 saturated carbocycles. The first-order valence-electron chi connectivity index (χ1n) is 15.8. The Balaban J connectivity index is 1.34. The zero-order chi connectivity index (χ0) is 34.0. The van der Waals surface area contributed by atoms with Crippen LogP contribution in [0, 0.1) is 0 Å². The number of aromatic nitrogens is 4. The van der Waals surface area contributed by atoms with Crippen LogP contribution >= 0.6 is 0 Å². The molecule has 0 spiro atoms. The number of amides is 1. The summed E-state index contributed by atoms with van der Waals surface area (Å²) in [6.07, 6.45) is -1.66. The molecule has 1 aliphatic heterocycles. The second-order valence-corrected chi connectivity index (χ2v) is 11.6.